The van der Waals surface area contributed by atoms with Crippen LogP contribution in [0.5, 0.6) is 11.5 Å². The number of nitrogens with zero attached hydrogens (tertiary/aromatic N) is 3. The van der Waals surface area contributed by atoms with Gasteiger partial charge < -0.3 is 32.7 Å². The summed E-state index contributed by atoms with van der Waals surface area (Å²) in [4.78, 5) is 28.4. The van der Waals surface area contributed by atoms with E-state index in [4.69, 9.17) is 32.7 Å². The van der Waals surface area contributed by atoms with Crippen LogP contribution in [0.3, 0.4) is 0 Å². The van der Waals surface area contributed by atoms with Crippen LogP contribution < -0.4 is 20.7 Å². The van der Waals surface area contributed by atoms with E-state index >= 15 is 0 Å². The Balaban J connectivity index is 1.44. The Morgan fingerprint density at radius 3 is 1.73 bits per heavy atom. The number of hydrogen-bond donors (Lipinski definition) is 1. The highest BCUT2D eigenvalue weighted by molar-refractivity contribution is 7.44. The molecule has 0 spiro atoms. The summed E-state index contributed by atoms with van der Waals surface area (Å²) in [6.07, 6.45) is 16.2. The van der Waals surface area contributed by atoms with Crippen LogP contribution in [-0.4, -0.2) is 78.7 Å². The fourth-order valence-corrected chi connectivity index (χ4v) is 11.2. The molecule has 13 nitrogen and oxygen atoms in total. The third-order valence-corrected chi connectivity index (χ3v) is 15.1. The number of hydrogen-bond acceptors (Lipinski definition) is 11. The molecule has 1 saturated heterocycles. The van der Waals surface area contributed by atoms with E-state index in [2.05, 4.69) is 62.5 Å². The van der Waals surface area contributed by atoms with Gasteiger partial charge in [-0.2, -0.15) is 5.26 Å². The minimum Gasteiger partial charge on any atom is -0.497 e. The van der Waals surface area contributed by atoms with Gasteiger partial charge in [0.05, 0.1) is 46.0 Å². The third kappa shape index (κ3) is 16.3. The van der Waals surface area contributed by atoms with E-state index in [1.807, 2.05) is 66.7 Å². The summed E-state index contributed by atoms with van der Waals surface area (Å²) in [5.41, 5.74) is 0.472. The van der Waals surface area contributed by atoms with Gasteiger partial charge in [-0.1, -0.05) is 145 Å². The summed E-state index contributed by atoms with van der Waals surface area (Å²) in [5.74, 6) is 1.43. The zero-order valence-corrected chi connectivity index (χ0v) is 43.9. The van der Waals surface area contributed by atoms with E-state index in [-0.39, 0.29) is 31.7 Å². The maximum absolute atomic E-state index is 13.6. The van der Waals surface area contributed by atoms with E-state index in [1.165, 1.54) is 87.5 Å². The van der Waals surface area contributed by atoms with Gasteiger partial charge in [0, 0.05) is 31.0 Å². The van der Waals surface area contributed by atoms with Crippen LogP contribution in [0.15, 0.2) is 101 Å². The summed E-state index contributed by atoms with van der Waals surface area (Å²) in [6, 6.07) is 29.5. The molecule has 0 amide bonds. The minimum absolute atomic E-state index is 0.0327. The zero-order valence-electron chi connectivity index (χ0n) is 43.0. The standard InChI is InChI=1S/C56H81N4O9P/c1-8-9-10-11-12-13-14-15-16-17-18-19-20-24-40-65-53-52(69-70(67-41-25-38-57)60(43(2)3)44(4)5)50(68-54(53)59-39-36-51(61)58-55(59)62)37-42-66-56(45-26-22-21-23-27-45,46-28-32-48(63-6)33-29-46)47-30-34-49(64-7)35-31-47/h21-23,26-36,39,43-44,50,52-54H,8-20,24-25,37,40-42H2,1-7H3,(H,58,61,62)/t50-,52-,53-,54-,70?/m1/s1. The fourth-order valence-electron chi connectivity index (χ4n) is 9.41. The summed E-state index contributed by atoms with van der Waals surface area (Å²) in [6.45, 7) is 11.4. The lowest BCUT2D eigenvalue weighted by atomic mass is 9.80. The molecule has 384 valence electrons. The quantitative estimate of drug-likeness (QED) is 0.0271. The second-order valence-electron chi connectivity index (χ2n) is 18.8. The molecule has 70 heavy (non-hydrogen) atoms. The number of unbranched alkanes of at least 4 members (excludes halogenated alkanes) is 13. The van der Waals surface area contributed by atoms with Crippen LogP contribution in [0.1, 0.15) is 160 Å². The van der Waals surface area contributed by atoms with Crippen molar-refractivity contribution in [2.24, 2.45) is 0 Å². The van der Waals surface area contributed by atoms with Crippen molar-refractivity contribution in [1.29, 1.82) is 5.26 Å². The molecule has 0 aliphatic carbocycles. The van der Waals surface area contributed by atoms with Gasteiger partial charge in [-0.15, -0.1) is 0 Å². The number of nitrogens with one attached hydrogen (secondary N) is 1. The predicted octanol–water partition coefficient (Wildman–Crippen LogP) is 12.4. The van der Waals surface area contributed by atoms with Crippen molar-refractivity contribution >= 4 is 8.53 Å². The summed E-state index contributed by atoms with van der Waals surface area (Å²) < 4.78 is 49.5. The van der Waals surface area contributed by atoms with Gasteiger partial charge in [-0.3, -0.25) is 14.3 Å². The summed E-state index contributed by atoms with van der Waals surface area (Å²) in [5, 5.41) is 9.53. The van der Waals surface area contributed by atoms with E-state index in [0.29, 0.717) is 24.5 Å². The molecular weight excluding hydrogens is 904 g/mol. The molecule has 5 atom stereocenters. The van der Waals surface area contributed by atoms with E-state index in [1.54, 1.807) is 14.2 Å². The average Bonchev–Trinajstić information content (AvgIpc) is 3.69. The lowest BCUT2D eigenvalue weighted by Gasteiger charge is -2.38. The van der Waals surface area contributed by atoms with Gasteiger partial charge in [-0.25, -0.2) is 9.46 Å². The summed E-state index contributed by atoms with van der Waals surface area (Å²) >= 11 is 0. The van der Waals surface area contributed by atoms with Gasteiger partial charge in [0.1, 0.15) is 29.3 Å². The first-order valence-electron chi connectivity index (χ1n) is 25.9. The fraction of sp³-hybridized carbons (Fsp3) is 0.589. The summed E-state index contributed by atoms with van der Waals surface area (Å²) in [7, 11) is 1.53. The van der Waals surface area contributed by atoms with Crippen molar-refractivity contribution in [2.75, 3.05) is 34.0 Å². The molecule has 1 aliphatic rings. The van der Waals surface area contributed by atoms with Gasteiger partial charge in [0.25, 0.3) is 14.1 Å². The SMILES string of the molecule is CCCCCCCCCCCCCCCCO[C@@H]1[C@H](OP(OCCC#N)N(C(C)C)C(C)C)[C@@H](CCOC(c2ccccc2)(c2ccc(OC)cc2)c2ccc(OC)cc2)O[C@H]1n1ccc(=O)[nH]c1=O. The highest BCUT2D eigenvalue weighted by Crippen LogP contribution is 2.51. The minimum atomic E-state index is -1.76. The molecule has 1 fully saturated rings. The number of aromatic amines is 1. The first-order chi connectivity index (χ1) is 34.1. The molecule has 4 aromatic rings. The Bertz CT molecular complexity index is 2160. The van der Waals surface area contributed by atoms with Crippen molar-refractivity contribution in [2.45, 2.75) is 180 Å². The normalized spacial score (nSPS) is 17.6. The molecule has 1 N–H and O–H groups in total. The molecule has 1 aromatic heterocycles. The van der Waals surface area contributed by atoms with Crippen molar-refractivity contribution in [1.82, 2.24) is 14.2 Å². The molecule has 5 rings (SSSR count). The van der Waals surface area contributed by atoms with Crippen LogP contribution in [0.2, 0.25) is 0 Å². The van der Waals surface area contributed by atoms with E-state index in [0.717, 1.165) is 36.0 Å². The lowest BCUT2D eigenvalue weighted by molar-refractivity contribution is -0.0754. The zero-order chi connectivity index (χ0) is 50.1. The second-order valence-corrected chi connectivity index (χ2v) is 20.2. The molecule has 0 saturated carbocycles. The molecule has 1 aliphatic heterocycles. The van der Waals surface area contributed by atoms with Crippen LogP contribution in [0, 0.1) is 11.3 Å². The van der Waals surface area contributed by atoms with Crippen LogP contribution in [-0.2, 0) is 28.9 Å². The Labute approximate surface area is 419 Å². The molecule has 0 bridgehead atoms. The van der Waals surface area contributed by atoms with E-state index < -0.39 is 49.9 Å². The lowest BCUT2D eigenvalue weighted by Crippen LogP contribution is -2.42. The van der Waals surface area contributed by atoms with Gasteiger partial charge >= 0.3 is 5.69 Å². The van der Waals surface area contributed by atoms with Crippen molar-refractivity contribution < 1.29 is 32.7 Å². The van der Waals surface area contributed by atoms with Crippen LogP contribution in [0.4, 0.5) is 0 Å². The molecule has 1 unspecified atom stereocenters. The first kappa shape index (κ1) is 56.5. The number of aromatic nitrogens is 2. The van der Waals surface area contributed by atoms with Crippen LogP contribution >= 0.6 is 8.53 Å². The number of H-pyrrole nitrogens is 1. The molecule has 2 heterocycles. The van der Waals surface area contributed by atoms with Gasteiger partial charge in [0.2, 0.25) is 0 Å². The Morgan fingerprint density at radius 2 is 1.23 bits per heavy atom. The number of methoxy groups -OCH3 is 2. The highest BCUT2D eigenvalue weighted by Gasteiger charge is 2.50. The Kier molecular flexibility index (Phi) is 24.6. The number of ether oxygens (including phenoxy) is 5. The monoisotopic (exact) mass is 985 g/mol. The highest BCUT2D eigenvalue weighted by atomic mass is 31.2. The van der Waals surface area contributed by atoms with Gasteiger partial charge in [0.15, 0.2) is 6.23 Å². The average molecular weight is 985 g/mol. The van der Waals surface area contributed by atoms with Crippen LogP contribution in [0.25, 0.3) is 0 Å². The van der Waals surface area contributed by atoms with Crippen molar-refractivity contribution in [3.63, 3.8) is 0 Å². The molecule has 0 radical (unpaired) electrons. The Morgan fingerprint density at radius 1 is 0.700 bits per heavy atom. The van der Waals surface area contributed by atoms with E-state index in [9.17, 15) is 14.9 Å². The molecule has 3 aromatic carbocycles. The number of benzene rings is 3. The smallest absolute Gasteiger partial charge is 0.330 e. The van der Waals surface area contributed by atoms with Crippen molar-refractivity contribution in [3.05, 3.63) is 129 Å². The maximum Gasteiger partial charge on any atom is 0.330 e. The van der Waals surface area contributed by atoms with Gasteiger partial charge in [-0.05, 0) is 81.5 Å². The Hall–Kier alpha value is -4.38. The topological polar surface area (TPSA) is 146 Å². The maximum atomic E-state index is 13.6. The predicted molar refractivity (Wildman–Crippen MR) is 278 cm³/mol. The second kappa shape index (κ2) is 30.5. The third-order valence-electron chi connectivity index (χ3n) is 13.0. The molecular formula is C56H81N4O9P. The molecule has 14 heteroatoms. The first-order valence-corrected chi connectivity index (χ1v) is 27.0. The van der Waals surface area contributed by atoms with Crippen molar-refractivity contribution in [3.8, 4) is 17.6 Å². The largest absolute Gasteiger partial charge is 0.497 e. The number of rotatable bonds is 34. The number of nitriles is 1.